The molecule has 0 amide bonds. The lowest BCUT2D eigenvalue weighted by Gasteiger charge is -2.37. The van der Waals surface area contributed by atoms with Crippen LogP contribution in [0, 0.1) is 0 Å². The normalized spacial score (nSPS) is 14.8. The molecule has 0 aliphatic heterocycles. The van der Waals surface area contributed by atoms with E-state index in [4.69, 9.17) is 18.9 Å². The lowest BCUT2D eigenvalue weighted by Crippen LogP contribution is -2.37. The lowest BCUT2D eigenvalue weighted by molar-refractivity contribution is -0.136. The van der Waals surface area contributed by atoms with Crippen LogP contribution in [0.15, 0.2) is 159 Å². The van der Waals surface area contributed by atoms with E-state index >= 15 is 0 Å². The fourth-order valence-electron chi connectivity index (χ4n) is 8.72. The summed E-state index contributed by atoms with van der Waals surface area (Å²) in [6, 6.07) is 47.8. The van der Waals surface area contributed by atoms with E-state index in [1.165, 1.54) is 34.4 Å². The quantitative estimate of drug-likeness (QED) is 0.0729. The Morgan fingerprint density at radius 3 is 1.13 bits per heavy atom. The number of carbonyl (C=O) groups is 2. The van der Waals surface area contributed by atoms with Crippen molar-refractivity contribution in [3.63, 3.8) is 0 Å². The molecule has 318 valence electrons. The molecule has 0 atom stereocenters. The Labute approximate surface area is 363 Å². The highest BCUT2D eigenvalue weighted by atomic mass is 16.5. The number of ketones is 2. The first kappa shape index (κ1) is 45.0. The van der Waals surface area contributed by atoms with Gasteiger partial charge in [-0.1, -0.05) is 122 Å². The lowest BCUT2D eigenvalue weighted by atomic mass is 9.64. The molecule has 0 aromatic heterocycles. The highest BCUT2D eigenvalue weighted by Gasteiger charge is 2.55. The largest absolute Gasteiger partial charge is 0.488 e. The zero-order valence-corrected chi connectivity index (χ0v) is 37.3. The van der Waals surface area contributed by atoms with Crippen molar-refractivity contribution in [3.8, 4) is 11.5 Å². The van der Waals surface area contributed by atoms with Crippen molar-refractivity contribution in [3.05, 3.63) is 192 Å². The molecule has 6 rings (SSSR count). The Kier molecular flexibility index (Phi) is 13.1. The van der Waals surface area contributed by atoms with Crippen LogP contribution in [0.4, 0.5) is 0 Å². The Morgan fingerprint density at radius 2 is 0.803 bits per heavy atom. The van der Waals surface area contributed by atoms with E-state index < -0.39 is 33.2 Å². The van der Waals surface area contributed by atoms with Crippen molar-refractivity contribution in [2.45, 2.75) is 108 Å². The third kappa shape index (κ3) is 9.51. The summed E-state index contributed by atoms with van der Waals surface area (Å²) >= 11 is 0. The van der Waals surface area contributed by atoms with E-state index in [1.54, 1.807) is 27.7 Å². The van der Waals surface area contributed by atoms with Crippen LogP contribution in [0.5, 0.6) is 11.5 Å². The molecule has 0 unspecified atom stereocenters. The van der Waals surface area contributed by atoms with E-state index in [0.29, 0.717) is 26.1 Å². The highest BCUT2D eigenvalue weighted by Crippen LogP contribution is 2.61. The summed E-state index contributed by atoms with van der Waals surface area (Å²) in [5, 5.41) is 0. The molecule has 0 saturated heterocycles. The van der Waals surface area contributed by atoms with Crippen molar-refractivity contribution in [1.29, 1.82) is 0 Å². The molecular weight excluding hydrogens is 757 g/mol. The van der Waals surface area contributed by atoms with Gasteiger partial charge in [0.2, 0.25) is 0 Å². The monoisotopic (exact) mass is 818 g/mol. The van der Waals surface area contributed by atoms with Gasteiger partial charge in [-0.3, -0.25) is 9.59 Å². The maximum atomic E-state index is 12.3. The maximum absolute atomic E-state index is 12.3. The first-order valence-corrected chi connectivity index (χ1v) is 21.3. The summed E-state index contributed by atoms with van der Waals surface area (Å²) < 4.78 is 25.2. The van der Waals surface area contributed by atoms with E-state index in [2.05, 4.69) is 147 Å². The smallest absolute Gasteiger partial charge is 0.186 e. The standard InChI is InChI=1S/C55H62O6/c1-11-48(56)52(7,8)58-37-35-50(3,4)60-44-31-27-42(28-32-44)55(43-29-33-45(34-30-43)61-51(5,6)36-38-59-53(9,10)49(57)12-2)39-54(40-21-15-13-16-22-40,41-23-17-14-18-24-41)46-25-19-20-26-47(46)55/h11-34H,1-2,35-39H2,3-10H3. The van der Waals surface area contributed by atoms with Crippen LogP contribution >= 0.6 is 0 Å². The van der Waals surface area contributed by atoms with E-state index in [-0.39, 0.29) is 11.6 Å². The van der Waals surface area contributed by atoms with Crippen LogP contribution in [0.1, 0.15) is 108 Å². The van der Waals surface area contributed by atoms with Gasteiger partial charge in [0.1, 0.15) is 33.9 Å². The van der Waals surface area contributed by atoms with Crippen LogP contribution < -0.4 is 9.47 Å². The van der Waals surface area contributed by atoms with Crippen LogP contribution in [0.2, 0.25) is 0 Å². The van der Waals surface area contributed by atoms with Crippen molar-refractivity contribution in [1.82, 2.24) is 0 Å². The SMILES string of the molecule is C=CC(=O)C(C)(C)OCCC(C)(C)Oc1ccc(C2(c3ccc(OC(C)(C)CCOC(C)(C)C(=O)C=C)cc3)CC(c3ccccc3)(c3ccccc3)c3ccccc32)cc1. The van der Waals surface area contributed by atoms with Gasteiger partial charge in [-0.15, -0.1) is 0 Å². The summed E-state index contributed by atoms with van der Waals surface area (Å²) in [7, 11) is 0. The Bertz CT molecular complexity index is 2170. The highest BCUT2D eigenvalue weighted by molar-refractivity contribution is 5.96. The summed E-state index contributed by atoms with van der Waals surface area (Å²) in [5.74, 6) is 1.20. The minimum absolute atomic E-state index is 0.150. The van der Waals surface area contributed by atoms with Crippen molar-refractivity contribution in [2.24, 2.45) is 0 Å². The minimum Gasteiger partial charge on any atom is -0.488 e. The van der Waals surface area contributed by atoms with Crippen molar-refractivity contribution < 1.29 is 28.5 Å². The van der Waals surface area contributed by atoms with Gasteiger partial charge in [-0.05, 0) is 132 Å². The first-order chi connectivity index (χ1) is 28.9. The third-order valence-corrected chi connectivity index (χ3v) is 12.3. The van der Waals surface area contributed by atoms with E-state index in [9.17, 15) is 9.59 Å². The summed E-state index contributed by atoms with van der Waals surface area (Å²) in [5.41, 5.74) is 3.24. The average molecular weight is 819 g/mol. The second kappa shape index (κ2) is 17.8. The van der Waals surface area contributed by atoms with Crippen molar-refractivity contribution in [2.75, 3.05) is 13.2 Å². The second-order valence-electron chi connectivity index (χ2n) is 18.4. The van der Waals surface area contributed by atoms with Gasteiger partial charge in [0, 0.05) is 23.7 Å². The summed E-state index contributed by atoms with van der Waals surface area (Å²) in [6.45, 7) is 23.2. The number of hydrogen-bond acceptors (Lipinski definition) is 6. The fourth-order valence-corrected chi connectivity index (χ4v) is 8.72. The van der Waals surface area contributed by atoms with Gasteiger partial charge in [0.05, 0.1) is 13.2 Å². The Morgan fingerprint density at radius 1 is 0.492 bits per heavy atom. The molecule has 0 bridgehead atoms. The van der Waals surface area contributed by atoms with Gasteiger partial charge in [-0.2, -0.15) is 0 Å². The third-order valence-electron chi connectivity index (χ3n) is 12.3. The molecule has 61 heavy (non-hydrogen) atoms. The van der Waals surface area contributed by atoms with Crippen LogP contribution in [-0.2, 0) is 29.9 Å². The molecule has 0 saturated carbocycles. The van der Waals surface area contributed by atoms with E-state index in [1.807, 2.05) is 27.7 Å². The van der Waals surface area contributed by atoms with E-state index in [0.717, 1.165) is 29.0 Å². The average Bonchev–Trinajstić information content (AvgIpc) is 3.56. The summed E-state index contributed by atoms with van der Waals surface area (Å²) in [6.07, 6.45) is 4.53. The number of rotatable bonds is 20. The van der Waals surface area contributed by atoms with Crippen LogP contribution in [0.25, 0.3) is 0 Å². The number of ether oxygens (including phenoxy) is 4. The minimum atomic E-state index is -0.944. The number of fused-ring (bicyclic) bond motifs is 1. The number of hydrogen-bond donors (Lipinski definition) is 0. The number of benzene rings is 5. The van der Waals surface area contributed by atoms with Crippen LogP contribution in [0.3, 0.4) is 0 Å². The molecular formula is C55H62O6. The molecule has 0 spiro atoms. The number of carbonyl (C=O) groups excluding carboxylic acids is 2. The molecule has 6 nitrogen and oxygen atoms in total. The maximum Gasteiger partial charge on any atom is 0.186 e. The first-order valence-electron chi connectivity index (χ1n) is 21.3. The molecule has 6 heteroatoms. The molecule has 0 N–H and O–H groups in total. The Balaban J connectivity index is 1.38. The topological polar surface area (TPSA) is 71.1 Å². The second-order valence-corrected chi connectivity index (χ2v) is 18.4. The molecule has 5 aromatic rings. The van der Waals surface area contributed by atoms with Gasteiger partial charge >= 0.3 is 0 Å². The van der Waals surface area contributed by atoms with Gasteiger partial charge in [-0.25, -0.2) is 0 Å². The molecule has 1 aliphatic rings. The van der Waals surface area contributed by atoms with Gasteiger partial charge < -0.3 is 18.9 Å². The van der Waals surface area contributed by atoms with Gasteiger partial charge in [0.25, 0.3) is 0 Å². The predicted octanol–water partition coefficient (Wildman–Crippen LogP) is 12.0. The molecule has 1 aliphatic carbocycles. The van der Waals surface area contributed by atoms with Crippen molar-refractivity contribution >= 4 is 11.6 Å². The molecule has 5 aromatic carbocycles. The fraction of sp³-hybridized carbons (Fsp3) is 0.345. The van der Waals surface area contributed by atoms with Gasteiger partial charge in [0.15, 0.2) is 11.6 Å². The molecule has 0 fully saturated rings. The Hall–Kier alpha value is -5.56. The predicted molar refractivity (Wildman–Crippen MR) is 246 cm³/mol. The molecule has 0 radical (unpaired) electrons. The van der Waals surface area contributed by atoms with Crippen LogP contribution in [-0.4, -0.2) is 47.2 Å². The summed E-state index contributed by atoms with van der Waals surface area (Å²) in [4.78, 5) is 24.6. The zero-order chi connectivity index (χ0) is 44.1. The zero-order valence-electron chi connectivity index (χ0n) is 37.3. The molecule has 0 heterocycles.